The van der Waals surface area contributed by atoms with Crippen LogP contribution in [0, 0.1) is 11.6 Å². The van der Waals surface area contributed by atoms with Gasteiger partial charge >= 0.3 is 23.9 Å². The molecule has 3 aromatic rings. The van der Waals surface area contributed by atoms with Crippen molar-refractivity contribution in [1.29, 1.82) is 0 Å². The number of halogens is 4. The van der Waals surface area contributed by atoms with Crippen molar-refractivity contribution in [3.63, 3.8) is 0 Å². The molecule has 10 nitrogen and oxygen atoms in total. The summed E-state index contributed by atoms with van der Waals surface area (Å²) >= 11 is 0. The Kier molecular flexibility index (Phi) is 13.0. The average Bonchev–Trinajstić information content (AvgIpc) is 3.04. The van der Waals surface area contributed by atoms with Crippen molar-refractivity contribution in [1.82, 2.24) is 0 Å². The van der Waals surface area contributed by atoms with Crippen LogP contribution in [-0.4, -0.2) is 37.5 Å². The maximum Gasteiger partial charge on any atom is 0.336 e. The molecule has 0 spiro atoms. The van der Waals surface area contributed by atoms with E-state index in [-0.39, 0.29) is 28.4 Å². The molecule has 0 heterocycles. The fourth-order valence-corrected chi connectivity index (χ4v) is 3.37. The van der Waals surface area contributed by atoms with Crippen LogP contribution in [0.2, 0.25) is 0 Å². The number of carbonyl (C=O) groups excluding carboxylic acids is 4. The van der Waals surface area contributed by atoms with Gasteiger partial charge in [0, 0.05) is 24.3 Å². The van der Waals surface area contributed by atoms with Gasteiger partial charge in [-0.3, -0.25) is 0 Å². The van der Waals surface area contributed by atoms with Gasteiger partial charge in [0.1, 0.15) is 11.5 Å². The molecule has 0 saturated heterocycles. The van der Waals surface area contributed by atoms with E-state index in [0.29, 0.717) is 0 Å². The molecule has 0 aliphatic carbocycles. The van der Waals surface area contributed by atoms with Crippen molar-refractivity contribution >= 4 is 36.0 Å². The highest BCUT2D eigenvalue weighted by atomic mass is 19.3. The van der Waals surface area contributed by atoms with Gasteiger partial charge in [-0.15, -0.1) is 0 Å². The molecule has 0 N–H and O–H groups in total. The number of benzene rings is 3. The lowest BCUT2D eigenvalue weighted by Gasteiger charge is -2.10. The highest BCUT2D eigenvalue weighted by Gasteiger charge is 2.18. The van der Waals surface area contributed by atoms with Crippen LogP contribution >= 0.6 is 0 Å². The number of ether oxygens (including phenoxy) is 6. The van der Waals surface area contributed by atoms with Gasteiger partial charge in [0.2, 0.25) is 13.6 Å². The molecule has 0 radical (unpaired) electrons. The number of hydrogen-bond acceptors (Lipinski definition) is 10. The van der Waals surface area contributed by atoms with E-state index in [9.17, 15) is 36.7 Å². The lowest BCUT2D eigenvalue weighted by atomic mass is 10.2. The molecular weight excluding hydrogens is 632 g/mol. The van der Waals surface area contributed by atoms with Gasteiger partial charge in [-0.1, -0.05) is 25.3 Å². The first-order valence-electron chi connectivity index (χ1n) is 13.1. The van der Waals surface area contributed by atoms with Crippen LogP contribution in [0.5, 0.6) is 23.0 Å². The monoisotopic (exact) mass is 656 g/mol. The maximum atomic E-state index is 14.2. The second-order valence-electron chi connectivity index (χ2n) is 8.75. The van der Waals surface area contributed by atoms with Crippen molar-refractivity contribution in [2.45, 2.75) is 6.43 Å². The molecule has 0 fully saturated rings. The Bertz CT molecular complexity index is 1720. The van der Waals surface area contributed by atoms with Crippen LogP contribution in [0.1, 0.15) is 23.1 Å². The van der Waals surface area contributed by atoms with Gasteiger partial charge in [0.05, 0.1) is 5.56 Å². The van der Waals surface area contributed by atoms with Crippen LogP contribution in [0.4, 0.5) is 17.6 Å². The van der Waals surface area contributed by atoms with Crippen LogP contribution in [0.25, 0.3) is 12.2 Å². The minimum atomic E-state index is -3.13. The molecule has 47 heavy (non-hydrogen) atoms. The Balaban J connectivity index is 1.58. The van der Waals surface area contributed by atoms with E-state index in [1.807, 2.05) is 0 Å². The standard InChI is InChI=1S/C33H24F4O10/c1-3-29(38)44-18-42-27-10-5-20(15-24(27)34)7-13-31(40)46-22-9-12-26(23(17-22)33(36)37)47-32(41)14-8-21-6-11-28(25(35)16-21)43-19-45-30(39)4-2/h3-17,33H,1-2,18-19H2. The SMILES string of the molecule is C=CC(=O)OCOc1ccc(C=CC(=O)Oc2ccc(OC(=O)C=Cc3ccc(OCOC(=O)C=C)c(F)c3)c(C(F)F)c2)cc1F. The van der Waals surface area contributed by atoms with Gasteiger partial charge in [-0.2, -0.15) is 0 Å². The summed E-state index contributed by atoms with van der Waals surface area (Å²) in [7, 11) is 0. The van der Waals surface area contributed by atoms with Gasteiger partial charge < -0.3 is 28.4 Å². The fraction of sp³-hybridized carbons (Fsp3) is 0.0909. The molecule has 244 valence electrons. The van der Waals surface area contributed by atoms with Crippen molar-refractivity contribution in [2.75, 3.05) is 13.6 Å². The smallest absolute Gasteiger partial charge is 0.336 e. The first-order chi connectivity index (χ1) is 22.5. The first kappa shape index (κ1) is 35.3. The number of carbonyl (C=O) groups is 4. The number of esters is 4. The summed E-state index contributed by atoms with van der Waals surface area (Å²) in [6.45, 7) is 5.30. The molecule has 0 bridgehead atoms. The Morgan fingerprint density at radius 2 is 1.11 bits per heavy atom. The van der Waals surface area contributed by atoms with E-state index < -0.39 is 66.8 Å². The summed E-state index contributed by atoms with van der Waals surface area (Å²) in [5, 5.41) is 0. The van der Waals surface area contributed by atoms with Crippen LogP contribution in [0.3, 0.4) is 0 Å². The highest BCUT2D eigenvalue weighted by Crippen LogP contribution is 2.33. The predicted molar refractivity (Wildman–Crippen MR) is 157 cm³/mol. The van der Waals surface area contributed by atoms with Crippen LogP contribution < -0.4 is 18.9 Å². The number of alkyl halides is 2. The quantitative estimate of drug-likeness (QED) is 0.0608. The fourth-order valence-electron chi connectivity index (χ4n) is 3.37. The number of rotatable bonds is 15. The summed E-state index contributed by atoms with van der Waals surface area (Å²) in [6, 6.07) is 10.1. The molecule has 0 saturated carbocycles. The predicted octanol–water partition coefficient (Wildman–Crippen LogP) is 6.27. The lowest BCUT2D eigenvalue weighted by Crippen LogP contribution is -2.08. The molecular formula is C33H24F4O10. The molecule has 0 unspecified atom stereocenters. The highest BCUT2D eigenvalue weighted by molar-refractivity contribution is 5.90. The topological polar surface area (TPSA) is 124 Å². The molecule has 3 rings (SSSR count). The Morgan fingerprint density at radius 3 is 1.55 bits per heavy atom. The van der Waals surface area contributed by atoms with E-state index >= 15 is 0 Å². The molecule has 14 heteroatoms. The molecule has 0 aliphatic rings. The zero-order valence-corrected chi connectivity index (χ0v) is 24.2. The van der Waals surface area contributed by atoms with Crippen LogP contribution in [-0.2, 0) is 28.7 Å². The van der Waals surface area contributed by atoms with Crippen molar-refractivity contribution in [2.24, 2.45) is 0 Å². The second-order valence-corrected chi connectivity index (χ2v) is 8.75. The van der Waals surface area contributed by atoms with Crippen LogP contribution in [0.15, 0.2) is 92.1 Å². The normalized spacial score (nSPS) is 10.8. The third-order valence-electron chi connectivity index (χ3n) is 5.55. The molecule has 3 aromatic carbocycles. The zero-order valence-electron chi connectivity index (χ0n) is 24.2. The lowest BCUT2D eigenvalue weighted by molar-refractivity contribution is -0.145. The number of hydrogen-bond donors (Lipinski definition) is 0. The van der Waals surface area contributed by atoms with E-state index in [1.54, 1.807) is 0 Å². The Morgan fingerprint density at radius 1 is 0.638 bits per heavy atom. The third kappa shape index (κ3) is 11.4. The summed E-state index contributed by atoms with van der Waals surface area (Å²) in [6.07, 6.45) is 2.82. The molecule has 0 aromatic heterocycles. The van der Waals surface area contributed by atoms with E-state index in [2.05, 4.69) is 22.6 Å². The average molecular weight is 657 g/mol. The third-order valence-corrected chi connectivity index (χ3v) is 5.55. The van der Waals surface area contributed by atoms with Gasteiger partial charge in [-0.25, -0.2) is 36.7 Å². The van der Waals surface area contributed by atoms with Crippen molar-refractivity contribution in [3.8, 4) is 23.0 Å². The minimum absolute atomic E-state index is 0.192. The molecule has 0 amide bonds. The van der Waals surface area contributed by atoms with E-state index in [1.165, 1.54) is 30.3 Å². The first-order valence-corrected chi connectivity index (χ1v) is 13.1. The maximum absolute atomic E-state index is 14.2. The Hall–Kier alpha value is -6.18. The van der Waals surface area contributed by atoms with Gasteiger partial charge in [-0.05, 0) is 65.7 Å². The second kappa shape index (κ2) is 17.3. The minimum Gasteiger partial charge on any atom is -0.454 e. The molecule has 0 aliphatic heterocycles. The Labute approximate surface area is 264 Å². The summed E-state index contributed by atoms with van der Waals surface area (Å²) in [4.78, 5) is 46.5. The summed E-state index contributed by atoms with van der Waals surface area (Å²) in [5.41, 5.74) is -0.350. The van der Waals surface area contributed by atoms with Gasteiger partial charge in [0.15, 0.2) is 23.1 Å². The van der Waals surface area contributed by atoms with E-state index in [4.69, 9.17) is 18.9 Å². The van der Waals surface area contributed by atoms with E-state index in [0.717, 1.165) is 60.7 Å². The summed E-state index contributed by atoms with van der Waals surface area (Å²) < 4.78 is 85.1. The van der Waals surface area contributed by atoms with Gasteiger partial charge in [0.25, 0.3) is 6.43 Å². The van der Waals surface area contributed by atoms with Crippen molar-refractivity contribution in [3.05, 3.63) is 120 Å². The van der Waals surface area contributed by atoms with Crippen molar-refractivity contribution < 1.29 is 65.2 Å². The zero-order chi connectivity index (χ0) is 34.3. The summed E-state index contributed by atoms with van der Waals surface area (Å²) in [5.74, 6) is -6.53. The largest absolute Gasteiger partial charge is 0.454 e. The molecule has 0 atom stereocenters.